The number of fused-ring (bicyclic) bond motifs is 1. The molecule has 18 heavy (non-hydrogen) atoms. The Labute approximate surface area is 108 Å². The summed E-state index contributed by atoms with van der Waals surface area (Å²) < 4.78 is 10.5. The van der Waals surface area contributed by atoms with Crippen molar-refractivity contribution < 1.29 is 14.3 Å². The van der Waals surface area contributed by atoms with Crippen LogP contribution in [0.2, 0.25) is 0 Å². The minimum atomic E-state index is -0.183. The van der Waals surface area contributed by atoms with Crippen LogP contribution in [0.3, 0.4) is 0 Å². The molecule has 3 rings (SSSR count). The normalized spacial score (nSPS) is 19.1. The van der Waals surface area contributed by atoms with Crippen LogP contribution in [0.25, 0.3) is 6.08 Å². The van der Waals surface area contributed by atoms with Crippen LogP contribution in [0.1, 0.15) is 5.56 Å². The van der Waals surface area contributed by atoms with Crippen LogP contribution in [0.4, 0.5) is 0 Å². The molecule has 1 aromatic carbocycles. The number of hydrogen-bond donors (Lipinski definition) is 1. The lowest BCUT2D eigenvalue weighted by Gasteiger charge is -1.98. The van der Waals surface area contributed by atoms with E-state index in [-0.39, 0.29) is 12.7 Å². The lowest BCUT2D eigenvalue weighted by atomic mass is 10.1. The van der Waals surface area contributed by atoms with Gasteiger partial charge in [-0.1, -0.05) is 17.8 Å². The van der Waals surface area contributed by atoms with Crippen molar-refractivity contribution in [2.45, 2.75) is 0 Å². The van der Waals surface area contributed by atoms with E-state index in [0.717, 1.165) is 11.3 Å². The summed E-state index contributed by atoms with van der Waals surface area (Å²) in [5.74, 6) is 1.23. The molecule has 0 saturated heterocycles. The predicted octanol–water partition coefficient (Wildman–Crippen LogP) is 1.60. The van der Waals surface area contributed by atoms with Crippen LogP contribution in [0.5, 0.6) is 11.5 Å². The number of carbonyl (C=O) groups is 1. The minimum Gasteiger partial charge on any atom is -0.454 e. The molecule has 0 atom stereocenters. The Hall–Kier alpha value is -1.95. The minimum absolute atomic E-state index is 0.183. The van der Waals surface area contributed by atoms with Gasteiger partial charge in [0, 0.05) is 0 Å². The van der Waals surface area contributed by atoms with E-state index in [1.807, 2.05) is 24.5 Å². The molecule has 0 aromatic heterocycles. The Morgan fingerprint density at radius 3 is 3.00 bits per heavy atom. The van der Waals surface area contributed by atoms with E-state index in [2.05, 4.69) is 10.3 Å². The molecule has 92 valence electrons. The molecule has 2 heterocycles. The summed E-state index contributed by atoms with van der Waals surface area (Å²) in [5, 5.41) is 3.29. The van der Waals surface area contributed by atoms with E-state index >= 15 is 0 Å². The SMILES string of the molecule is CSC1=N/C(=C/c2ccc3c(c2)OCO3)C(=O)N1. The molecular weight excluding hydrogens is 252 g/mol. The fourth-order valence-corrected chi connectivity index (χ4v) is 2.09. The highest BCUT2D eigenvalue weighted by molar-refractivity contribution is 8.13. The van der Waals surface area contributed by atoms with Crippen LogP contribution in [-0.4, -0.2) is 24.1 Å². The second kappa shape index (κ2) is 4.38. The maximum Gasteiger partial charge on any atom is 0.275 e. The third-order valence-electron chi connectivity index (χ3n) is 2.57. The fourth-order valence-electron chi connectivity index (χ4n) is 1.70. The zero-order valence-electron chi connectivity index (χ0n) is 9.60. The smallest absolute Gasteiger partial charge is 0.275 e. The zero-order valence-corrected chi connectivity index (χ0v) is 10.4. The number of amides is 1. The number of aliphatic imine (C=N–C) groups is 1. The summed E-state index contributed by atoms with van der Waals surface area (Å²) >= 11 is 1.40. The molecule has 0 aliphatic carbocycles. The first-order valence-corrected chi connectivity index (χ1v) is 6.54. The van der Waals surface area contributed by atoms with E-state index in [1.165, 1.54) is 11.8 Å². The molecule has 0 fully saturated rings. The van der Waals surface area contributed by atoms with Gasteiger partial charge in [-0.25, -0.2) is 4.99 Å². The Morgan fingerprint density at radius 1 is 1.39 bits per heavy atom. The summed E-state index contributed by atoms with van der Waals surface area (Å²) in [6.45, 7) is 0.241. The molecule has 0 saturated carbocycles. The first-order valence-electron chi connectivity index (χ1n) is 5.31. The first-order chi connectivity index (χ1) is 8.76. The van der Waals surface area contributed by atoms with Crippen molar-refractivity contribution in [3.63, 3.8) is 0 Å². The average molecular weight is 262 g/mol. The summed E-state index contributed by atoms with van der Waals surface area (Å²) in [6, 6.07) is 5.51. The highest BCUT2D eigenvalue weighted by Crippen LogP contribution is 2.33. The van der Waals surface area contributed by atoms with Crippen LogP contribution in [0, 0.1) is 0 Å². The Balaban J connectivity index is 1.92. The number of ether oxygens (including phenoxy) is 2. The van der Waals surface area contributed by atoms with E-state index in [0.29, 0.717) is 16.6 Å². The van der Waals surface area contributed by atoms with Crippen molar-refractivity contribution in [2.75, 3.05) is 13.0 Å². The lowest BCUT2D eigenvalue weighted by Crippen LogP contribution is -2.21. The lowest BCUT2D eigenvalue weighted by molar-refractivity contribution is -0.115. The number of thioether (sulfide) groups is 1. The average Bonchev–Trinajstić information content (AvgIpc) is 2.96. The summed E-state index contributed by atoms with van der Waals surface area (Å²) in [5.41, 5.74) is 1.26. The van der Waals surface area contributed by atoms with Gasteiger partial charge in [0.1, 0.15) is 5.70 Å². The molecule has 0 spiro atoms. The van der Waals surface area contributed by atoms with Crippen molar-refractivity contribution in [3.8, 4) is 11.5 Å². The van der Waals surface area contributed by atoms with Crippen molar-refractivity contribution in [3.05, 3.63) is 29.5 Å². The molecule has 1 amide bonds. The van der Waals surface area contributed by atoms with Crippen LogP contribution in [0.15, 0.2) is 28.9 Å². The monoisotopic (exact) mass is 262 g/mol. The van der Waals surface area contributed by atoms with Gasteiger partial charge in [0.05, 0.1) is 0 Å². The summed E-state index contributed by atoms with van der Waals surface area (Å²) in [7, 11) is 0. The summed E-state index contributed by atoms with van der Waals surface area (Å²) in [4.78, 5) is 15.8. The van der Waals surface area contributed by atoms with Gasteiger partial charge >= 0.3 is 0 Å². The third kappa shape index (κ3) is 1.95. The van der Waals surface area contributed by atoms with Gasteiger partial charge in [-0.2, -0.15) is 0 Å². The molecule has 0 radical (unpaired) electrons. The maximum atomic E-state index is 11.6. The van der Waals surface area contributed by atoms with Crippen LogP contribution >= 0.6 is 11.8 Å². The summed E-state index contributed by atoms with van der Waals surface area (Å²) in [6.07, 6.45) is 3.59. The predicted molar refractivity (Wildman–Crippen MR) is 69.6 cm³/mol. The number of benzene rings is 1. The fraction of sp³-hybridized carbons (Fsp3) is 0.167. The molecule has 1 N–H and O–H groups in total. The highest BCUT2D eigenvalue weighted by atomic mass is 32.2. The number of amidine groups is 1. The molecule has 6 heteroatoms. The van der Waals surface area contributed by atoms with Crippen LogP contribution < -0.4 is 14.8 Å². The maximum absolute atomic E-state index is 11.6. The molecular formula is C12H10N2O3S. The first kappa shape index (κ1) is 11.2. The van der Waals surface area contributed by atoms with Gasteiger partial charge < -0.3 is 9.47 Å². The van der Waals surface area contributed by atoms with Crippen molar-refractivity contribution in [1.82, 2.24) is 5.32 Å². The van der Waals surface area contributed by atoms with E-state index < -0.39 is 0 Å². The topological polar surface area (TPSA) is 59.9 Å². The zero-order chi connectivity index (χ0) is 12.5. The van der Waals surface area contributed by atoms with Crippen molar-refractivity contribution in [1.29, 1.82) is 0 Å². The second-order valence-corrected chi connectivity index (χ2v) is 4.51. The number of nitrogens with one attached hydrogen (secondary N) is 1. The van der Waals surface area contributed by atoms with Crippen molar-refractivity contribution in [2.24, 2.45) is 4.99 Å². The Bertz CT molecular complexity index is 581. The highest BCUT2D eigenvalue weighted by Gasteiger charge is 2.19. The largest absolute Gasteiger partial charge is 0.454 e. The number of hydrogen-bond acceptors (Lipinski definition) is 5. The Morgan fingerprint density at radius 2 is 2.22 bits per heavy atom. The number of nitrogens with zero attached hydrogens (tertiary/aromatic N) is 1. The number of rotatable bonds is 1. The number of carbonyl (C=O) groups excluding carboxylic acids is 1. The van der Waals surface area contributed by atoms with Gasteiger partial charge in [-0.3, -0.25) is 10.1 Å². The van der Waals surface area contributed by atoms with Gasteiger partial charge in [-0.05, 0) is 30.0 Å². The van der Waals surface area contributed by atoms with Crippen molar-refractivity contribution >= 4 is 28.9 Å². The molecule has 1 aromatic rings. The van der Waals surface area contributed by atoms with Gasteiger partial charge in [0.15, 0.2) is 16.7 Å². The standard InChI is InChI=1S/C12H10N2O3S/c1-18-12-13-8(11(15)14-12)4-7-2-3-9-10(5-7)17-6-16-9/h2-5H,6H2,1H3,(H,13,14,15)/b8-4+. The van der Waals surface area contributed by atoms with Crippen LogP contribution in [-0.2, 0) is 4.79 Å². The second-order valence-electron chi connectivity index (χ2n) is 3.72. The van der Waals surface area contributed by atoms with E-state index in [4.69, 9.17) is 9.47 Å². The molecule has 2 aliphatic heterocycles. The Kier molecular flexibility index (Phi) is 2.71. The third-order valence-corrected chi connectivity index (χ3v) is 3.15. The van der Waals surface area contributed by atoms with Gasteiger partial charge in [0.25, 0.3) is 5.91 Å². The van der Waals surface area contributed by atoms with Gasteiger partial charge in [0.2, 0.25) is 6.79 Å². The quantitative estimate of drug-likeness (QED) is 0.781. The molecule has 0 unspecified atom stereocenters. The molecule has 0 bridgehead atoms. The molecule has 5 nitrogen and oxygen atoms in total. The van der Waals surface area contributed by atoms with E-state index in [1.54, 1.807) is 6.08 Å². The van der Waals surface area contributed by atoms with Gasteiger partial charge in [-0.15, -0.1) is 0 Å². The molecule has 2 aliphatic rings. The van der Waals surface area contributed by atoms with E-state index in [9.17, 15) is 4.79 Å².